The lowest BCUT2D eigenvalue weighted by Crippen LogP contribution is -2.01. The number of aromatic nitrogens is 1. The van der Waals surface area contributed by atoms with Crippen LogP contribution in [-0.2, 0) is 6.54 Å². The molecule has 0 aliphatic carbocycles. The molecule has 5 heteroatoms. The largest absolute Gasteiger partial charge is 0.503 e. The predicted octanol–water partition coefficient (Wildman–Crippen LogP) is 3.83. The van der Waals surface area contributed by atoms with E-state index in [0.717, 1.165) is 28.6 Å². The van der Waals surface area contributed by atoms with Crippen LogP contribution < -0.4 is 5.32 Å². The van der Waals surface area contributed by atoms with Crippen LogP contribution in [0.25, 0.3) is 10.8 Å². The van der Waals surface area contributed by atoms with E-state index in [0.29, 0.717) is 5.56 Å². The Hall–Kier alpha value is -2.69. The highest BCUT2D eigenvalue weighted by Crippen LogP contribution is 2.24. The fraction of sp³-hybridized carbons (Fsp3) is 0.0625. The third kappa shape index (κ3) is 2.63. The molecule has 0 fully saturated rings. The molecule has 0 atom stereocenters. The first-order valence-corrected chi connectivity index (χ1v) is 6.38. The second kappa shape index (κ2) is 5.36. The van der Waals surface area contributed by atoms with Crippen LogP contribution in [0.5, 0.6) is 5.75 Å². The van der Waals surface area contributed by atoms with Crippen molar-refractivity contribution in [1.29, 1.82) is 0 Å². The first-order valence-electron chi connectivity index (χ1n) is 6.38. The number of pyridine rings is 1. The summed E-state index contributed by atoms with van der Waals surface area (Å²) in [5.41, 5.74) is 1.23. The molecule has 0 amide bonds. The van der Waals surface area contributed by atoms with Gasteiger partial charge in [-0.15, -0.1) is 0 Å². The zero-order valence-electron chi connectivity index (χ0n) is 11.0. The summed E-state index contributed by atoms with van der Waals surface area (Å²) in [5, 5.41) is 14.2. The van der Waals surface area contributed by atoms with Crippen LogP contribution in [0.4, 0.5) is 14.5 Å². The lowest BCUT2D eigenvalue weighted by atomic mass is 10.1. The highest BCUT2D eigenvalue weighted by atomic mass is 19.1. The molecule has 3 aromatic rings. The molecule has 2 N–H and O–H groups in total. The Kier molecular flexibility index (Phi) is 3.39. The fourth-order valence-corrected chi connectivity index (χ4v) is 2.18. The smallest absolute Gasteiger partial charge is 0.187 e. The van der Waals surface area contributed by atoms with Crippen LogP contribution in [0.2, 0.25) is 0 Å². The van der Waals surface area contributed by atoms with Gasteiger partial charge in [0.2, 0.25) is 0 Å². The Bertz CT molecular complexity index is 777. The number of nitrogens with zero attached hydrogens (tertiary/aromatic N) is 1. The maximum Gasteiger partial charge on any atom is 0.187 e. The Balaban J connectivity index is 1.87. The first kappa shape index (κ1) is 13.3. The second-order valence-corrected chi connectivity index (χ2v) is 4.66. The average molecular weight is 286 g/mol. The molecule has 1 heterocycles. The third-order valence-corrected chi connectivity index (χ3v) is 3.24. The molecular weight excluding hydrogens is 274 g/mol. The zero-order valence-corrected chi connectivity index (χ0v) is 11.0. The maximum atomic E-state index is 13.3. The molecule has 0 saturated heterocycles. The quantitative estimate of drug-likeness (QED) is 0.769. The van der Waals surface area contributed by atoms with Crippen LogP contribution in [-0.4, -0.2) is 10.1 Å². The minimum absolute atomic E-state index is 0.238. The van der Waals surface area contributed by atoms with E-state index in [4.69, 9.17) is 5.11 Å². The highest BCUT2D eigenvalue weighted by Gasteiger charge is 2.09. The second-order valence-electron chi connectivity index (χ2n) is 4.66. The Morgan fingerprint density at radius 2 is 1.86 bits per heavy atom. The summed E-state index contributed by atoms with van der Waals surface area (Å²) in [7, 11) is 0. The van der Waals surface area contributed by atoms with Crippen LogP contribution in [0.15, 0.2) is 48.8 Å². The van der Waals surface area contributed by atoms with Gasteiger partial charge in [-0.05, 0) is 35.2 Å². The van der Waals surface area contributed by atoms with Gasteiger partial charge in [0.25, 0.3) is 0 Å². The van der Waals surface area contributed by atoms with Crippen molar-refractivity contribution in [2.24, 2.45) is 0 Å². The standard InChI is InChI=1S/C16H12F2N2O/c17-13-6-10(7-14(18)16(13)21)8-20-15-3-1-2-11-4-5-19-9-12(11)15/h1-7,9,20-21H,8H2. The molecule has 0 spiro atoms. The molecular formula is C16H12F2N2O. The summed E-state index contributed by atoms with van der Waals surface area (Å²) in [6.07, 6.45) is 3.44. The van der Waals surface area contributed by atoms with Crippen molar-refractivity contribution in [3.8, 4) is 5.75 Å². The van der Waals surface area contributed by atoms with Crippen LogP contribution in [0, 0.1) is 11.6 Å². The molecule has 106 valence electrons. The monoisotopic (exact) mass is 286 g/mol. The van der Waals surface area contributed by atoms with Crippen molar-refractivity contribution < 1.29 is 13.9 Å². The van der Waals surface area contributed by atoms with Gasteiger partial charge in [0.05, 0.1) is 0 Å². The van der Waals surface area contributed by atoms with Crippen molar-refractivity contribution in [3.63, 3.8) is 0 Å². The minimum Gasteiger partial charge on any atom is -0.503 e. The number of hydrogen-bond acceptors (Lipinski definition) is 3. The summed E-state index contributed by atoms with van der Waals surface area (Å²) in [6, 6.07) is 9.83. The highest BCUT2D eigenvalue weighted by molar-refractivity contribution is 5.93. The Labute approximate surface area is 119 Å². The minimum atomic E-state index is -0.966. The van der Waals surface area contributed by atoms with Gasteiger partial charge in [0, 0.05) is 30.0 Å². The molecule has 0 saturated carbocycles. The lowest BCUT2D eigenvalue weighted by molar-refractivity contribution is 0.395. The van der Waals surface area contributed by atoms with E-state index in [-0.39, 0.29) is 6.54 Å². The number of phenols is 1. The molecule has 1 aromatic heterocycles. The summed E-state index contributed by atoms with van der Waals surface area (Å²) < 4.78 is 26.6. The summed E-state index contributed by atoms with van der Waals surface area (Å²) in [4.78, 5) is 4.08. The molecule has 0 bridgehead atoms. The number of anilines is 1. The lowest BCUT2D eigenvalue weighted by Gasteiger charge is -2.10. The molecule has 0 unspecified atom stereocenters. The fourth-order valence-electron chi connectivity index (χ4n) is 2.18. The average Bonchev–Trinajstić information content (AvgIpc) is 2.50. The molecule has 21 heavy (non-hydrogen) atoms. The number of benzene rings is 2. The van der Waals surface area contributed by atoms with Crippen molar-refractivity contribution in [1.82, 2.24) is 4.98 Å². The number of halogens is 2. The molecule has 3 nitrogen and oxygen atoms in total. The Morgan fingerprint density at radius 3 is 2.62 bits per heavy atom. The van der Waals surface area contributed by atoms with E-state index < -0.39 is 17.4 Å². The molecule has 0 radical (unpaired) electrons. The molecule has 3 rings (SSSR count). The van der Waals surface area contributed by atoms with Gasteiger partial charge < -0.3 is 10.4 Å². The van der Waals surface area contributed by atoms with Gasteiger partial charge in [0.1, 0.15) is 0 Å². The molecule has 2 aromatic carbocycles. The van der Waals surface area contributed by atoms with E-state index in [9.17, 15) is 8.78 Å². The van der Waals surface area contributed by atoms with Crippen molar-refractivity contribution in [2.45, 2.75) is 6.54 Å². The van der Waals surface area contributed by atoms with Crippen LogP contribution in [0.1, 0.15) is 5.56 Å². The molecule has 0 aliphatic heterocycles. The van der Waals surface area contributed by atoms with Crippen LogP contribution in [0.3, 0.4) is 0 Å². The van der Waals surface area contributed by atoms with Crippen molar-refractivity contribution in [2.75, 3.05) is 5.32 Å². The Morgan fingerprint density at radius 1 is 1.10 bits per heavy atom. The van der Waals surface area contributed by atoms with E-state index in [1.54, 1.807) is 12.4 Å². The van der Waals surface area contributed by atoms with Gasteiger partial charge in [-0.1, -0.05) is 12.1 Å². The van der Waals surface area contributed by atoms with E-state index in [1.165, 1.54) is 0 Å². The zero-order chi connectivity index (χ0) is 14.8. The number of fused-ring (bicyclic) bond motifs is 1. The van der Waals surface area contributed by atoms with E-state index in [1.807, 2.05) is 24.3 Å². The van der Waals surface area contributed by atoms with Crippen molar-refractivity contribution in [3.05, 3.63) is 66.0 Å². The number of rotatable bonds is 3. The van der Waals surface area contributed by atoms with Gasteiger partial charge in [-0.3, -0.25) is 4.98 Å². The van der Waals surface area contributed by atoms with Crippen LogP contribution >= 0.6 is 0 Å². The topological polar surface area (TPSA) is 45.1 Å². The number of hydrogen-bond donors (Lipinski definition) is 2. The first-order chi connectivity index (χ1) is 10.1. The van der Waals surface area contributed by atoms with Gasteiger partial charge in [0.15, 0.2) is 17.4 Å². The molecule has 0 aliphatic rings. The third-order valence-electron chi connectivity index (χ3n) is 3.24. The van der Waals surface area contributed by atoms with Gasteiger partial charge in [-0.25, -0.2) is 8.78 Å². The number of nitrogens with one attached hydrogen (secondary N) is 1. The SMILES string of the molecule is Oc1c(F)cc(CNc2cccc3ccncc23)cc1F. The van der Waals surface area contributed by atoms with E-state index in [2.05, 4.69) is 10.3 Å². The predicted molar refractivity (Wildman–Crippen MR) is 77.1 cm³/mol. The van der Waals surface area contributed by atoms with E-state index >= 15 is 0 Å². The normalized spacial score (nSPS) is 10.8. The number of aromatic hydroxyl groups is 1. The van der Waals surface area contributed by atoms with Gasteiger partial charge >= 0.3 is 0 Å². The van der Waals surface area contributed by atoms with Crippen molar-refractivity contribution >= 4 is 16.5 Å². The summed E-state index contributed by atoms with van der Waals surface area (Å²) >= 11 is 0. The summed E-state index contributed by atoms with van der Waals surface area (Å²) in [6.45, 7) is 0.238. The van der Waals surface area contributed by atoms with Gasteiger partial charge in [-0.2, -0.15) is 0 Å². The maximum absolute atomic E-state index is 13.3. The number of phenolic OH excluding ortho intramolecular Hbond substituents is 1. The summed E-state index contributed by atoms with van der Waals surface area (Å²) in [5.74, 6) is -2.88.